The third-order valence-corrected chi connectivity index (χ3v) is 3.21. The Hall–Kier alpha value is -1.85. The molecule has 0 aliphatic carbocycles. The van der Waals surface area contributed by atoms with Crippen molar-refractivity contribution in [2.75, 3.05) is 26.2 Å². The van der Waals surface area contributed by atoms with E-state index in [-0.39, 0.29) is 11.9 Å². The molecular formula is C13H20N4O2. The maximum Gasteiger partial charge on any atom is 0.329 e. The number of piperazine rings is 1. The minimum atomic E-state index is -0.0755. The molecule has 1 aliphatic heterocycles. The molecule has 19 heavy (non-hydrogen) atoms. The zero-order chi connectivity index (χ0) is 13.8. The van der Waals surface area contributed by atoms with Crippen LogP contribution in [0, 0.1) is 5.92 Å². The molecule has 0 saturated carbocycles. The smallest absolute Gasteiger partial charge is 0.329 e. The highest BCUT2D eigenvalue weighted by Gasteiger charge is 2.24. The number of hydrogen-bond donors (Lipinski definition) is 0. The average molecular weight is 264 g/mol. The van der Waals surface area contributed by atoms with Crippen LogP contribution >= 0.6 is 0 Å². The van der Waals surface area contributed by atoms with E-state index in [9.17, 15) is 9.59 Å². The molecule has 1 fully saturated rings. The van der Waals surface area contributed by atoms with E-state index >= 15 is 0 Å². The third-order valence-electron chi connectivity index (χ3n) is 3.21. The zero-order valence-electron chi connectivity index (χ0n) is 11.5. The Balaban J connectivity index is 1.86. The van der Waals surface area contributed by atoms with Gasteiger partial charge in [-0.25, -0.2) is 9.78 Å². The first kappa shape index (κ1) is 13.6. The third kappa shape index (κ3) is 3.33. The van der Waals surface area contributed by atoms with E-state index < -0.39 is 0 Å². The van der Waals surface area contributed by atoms with Gasteiger partial charge in [0.1, 0.15) is 6.33 Å². The van der Waals surface area contributed by atoms with E-state index in [4.69, 9.17) is 0 Å². The Kier molecular flexibility index (Phi) is 4.19. The van der Waals surface area contributed by atoms with Gasteiger partial charge < -0.3 is 9.80 Å². The molecule has 1 aromatic rings. The van der Waals surface area contributed by atoms with Crippen molar-refractivity contribution in [2.45, 2.75) is 20.3 Å². The number of amides is 2. The molecule has 104 valence electrons. The van der Waals surface area contributed by atoms with Gasteiger partial charge >= 0.3 is 6.03 Å². The molecule has 0 aromatic carbocycles. The number of nitrogens with zero attached hydrogens (tertiary/aromatic N) is 4. The number of rotatable bonds is 2. The van der Waals surface area contributed by atoms with E-state index in [1.165, 1.54) is 10.9 Å². The molecule has 6 heteroatoms. The van der Waals surface area contributed by atoms with Crippen LogP contribution in [0.15, 0.2) is 18.7 Å². The first-order chi connectivity index (χ1) is 9.08. The van der Waals surface area contributed by atoms with Crippen LogP contribution in [0.25, 0.3) is 0 Å². The van der Waals surface area contributed by atoms with Crippen LogP contribution in [-0.2, 0) is 4.79 Å². The molecule has 6 nitrogen and oxygen atoms in total. The summed E-state index contributed by atoms with van der Waals surface area (Å²) in [7, 11) is 0. The van der Waals surface area contributed by atoms with Crippen LogP contribution in [0.3, 0.4) is 0 Å². The van der Waals surface area contributed by atoms with Crippen LogP contribution in [0.5, 0.6) is 0 Å². The Morgan fingerprint density at radius 1 is 1.16 bits per heavy atom. The van der Waals surface area contributed by atoms with Gasteiger partial charge in [0.25, 0.3) is 0 Å². The lowest BCUT2D eigenvalue weighted by Crippen LogP contribution is -2.51. The van der Waals surface area contributed by atoms with E-state index in [0.29, 0.717) is 38.5 Å². The minimum absolute atomic E-state index is 0.0755. The van der Waals surface area contributed by atoms with E-state index in [1.54, 1.807) is 17.3 Å². The standard InChI is InChI=1S/C13H20N4O2/c1-11(2)9-12(18)15-5-7-16(8-6-15)13(19)17-4-3-14-10-17/h3-4,10-11H,5-9H2,1-2H3. The van der Waals surface area contributed by atoms with Crippen LogP contribution in [0.4, 0.5) is 4.79 Å². The van der Waals surface area contributed by atoms with Gasteiger partial charge in [0.05, 0.1) is 0 Å². The summed E-state index contributed by atoms with van der Waals surface area (Å²) >= 11 is 0. The summed E-state index contributed by atoms with van der Waals surface area (Å²) in [6, 6.07) is -0.0755. The number of carbonyl (C=O) groups excluding carboxylic acids is 2. The summed E-state index contributed by atoms with van der Waals surface area (Å²) in [5.41, 5.74) is 0. The van der Waals surface area contributed by atoms with E-state index in [2.05, 4.69) is 4.98 Å². The molecule has 0 spiro atoms. The molecule has 1 aromatic heterocycles. The monoisotopic (exact) mass is 264 g/mol. The number of aromatic nitrogens is 2. The van der Waals surface area contributed by atoms with Crippen molar-refractivity contribution < 1.29 is 9.59 Å². The van der Waals surface area contributed by atoms with Crippen molar-refractivity contribution in [1.82, 2.24) is 19.4 Å². The zero-order valence-corrected chi connectivity index (χ0v) is 11.5. The normalized spacial score (nSPS) is 15.9. The first-order valence-corrected chi connectivity index (χ1v) is 6.63. The average Bonchev–Trinajstić information content (AvgIpc) is 2.91. The summed E-state index contributed by atoms with van der Waals surface area (Å²) in [6.45, 7) is 6.48. The topological polar surface area (TPSA) is 58.4 Å². The second-order valence-corrected chi connectivity index (χ2v) is 5.22. The summed E-state index contributed by atoms with van der Waals surface area (Å²) < 4.78 is 1.46. The Labute approximate surface area is 113 Å². The number of imidazole rings is 1. The fraction of sp³-hybridized carbons (Fsp3) is 0.615. The minimum Gasteiger partial charge on any atom is -0.339 e. The van der Waals surface area contributed by atoms with Gasteiger partial charge in [0, 0.05) is 45.0 Å². The second-order valence-electron chi connectivity index (χ2n) is 5.22. The predicted molar refractivity (Wildman–Crippen MR) is 70.6 cm³/mol. The maximum atomic E-state index is 12.1. The van der Waals surface area contributed by atoms with Gasteiger partial charge in [0.15, 0.2) is 0 Å². The van der Waals surface area contributed by atoms with Crippen molar-refractivity contribution in [3.05, 3.63) is 18.7 Å². The Morgan fingerprint density at radius 2 is 1.79 bits per heavy atom. The molecule has 2 heterocycles. The molecule has 1 saturated heterocycles. The molecule has 0 bridgehead atoms. The Bertz CT molecular complexity index is 434. The largest absolute Gasteiger partial charge is 0.339 e. The molecule has 0 N–H and O–H groups in total. The summed E-state index contributed by atoms with van der Waals surface area (Å²) in [6.07, 6.45) is 5.30. The molecule has 2 rings (SSSR count). The van der Waals surface area contributed by atoms with Crippen LogP contribution in [0.2, 0.25) is 0 Å². The van der Waals surface area contributed by atoms with Gasteiger partial charge in [-0.05, 0) is 5.92 Å². The fourth-order valence-electron chi connectivity index (χ4n) is 2.16. The predicted octanol–water partition coefficient (Wildman–Crippen LogP) is 1.04. The van der Waals surface area contributed by atoms with E-state index in [1.807, 2.05) is 18.7 Å². The first-order valence-electron chi connectivity index (χ1n) is 6.63. The molecule has 2 amide bonds. The van der Waals surface area contributed by atoms with Gasteiger partial charge in [-0.1, -0.05) is 13.8 Å². The SMILES string of the molecule is CC(C)CC(=O)N1CCN(C(=O)n2ccnc2)CC1. The van der Waals surface area contributed by atoms with Crippen LogP contribution < -0.4 is 0 Å². The lowest BCUT2D eigenvalue weighted by molar-refractivity contribution is -0.133. The molecule has 0 unspecified atom stereocenters. The molecule has 1 aliphatic rings. The van der Waals surface area contributed by atoms with Crippen molar-refractivity contribution >= 4 is 11.9 Å². The molecular weight excluding hydrogens is 244 g/mol. The maximum absolute atomic E-state index is 12.1. The Morgan fingerprint density at radius 3 is 2.32 bits per heavy atom. The highest BCUT2D eigenvalue weighted by molar-refractivity contribution is 5.78. The quantitative estimate of drug-likeness (QED) is 0.802. The van der Waals surface area contributed by atoms with Crippen LogP contribution in [-0.4, -0.2) is 57.5 Å². The van der Waals surface area contributed by atoms with Crippen molar-refractivity contribution in [1.29, 1.82) is 0 Å². The van der Waals surface area contributed by atoms with Gasteiger partial charge in [0.2, 0.25) is 5.91 Å². The summed E-state index contributed by atoms with van der Waals surface area (Å²) in [5.74, 6) is 0.558. The summed E-state index contributed by atoms with van der Waals surface area (Å²) in [4.78, 5) is 31.4. The highest BCUT2D eigenvalue weighted by Crippen LogP contribution is 2.09. The number of carbonyl (C=O) groups is 2. The van der Waals surface area contributed by atoms with Crippen molar-refractivity contribution in [3.63, 3.8) is 0 Å². The molecule has 0 radical (unpaired) electrons. The van der Waals surface area contributed by atoms with Gasteiger partial charge in [-0.15, -0.1) is 0 Å². The lowest BCUT2D eigenvalue weighted by Gasteiger charge is -2.34. The van der Waals surface area contributed by atoms with Gasteiger partial charge in [-0.2, -0.15) is 0 Å². The lowest BCUT2D eigenvalue weighted by atomic mass is 10.1. The summed E-state index contributed by atoms with van der Waals surface area (Å²) in [5, 5.41) is 0. The van der Waals surface area contributed by atoms with E-state index in [0.717, 1.165) is 0 Å². The second kappa shape index (κ2) is 5.86. The fourth-order valence-corrected chi connectivity index (χ4v) is 2.16. The van der Waals surface area contributed by atoms with Crippen molar-refractivity contribution in [3.8, 4) is 0 Å². The highest BCUT2D eigenvalue weighted by atomic mass is 16.2. The molecule has 0 atom stereocenters. The van der Waals surface area contributed by atoms with Crippen molar-refractivity contribution in [2.24, 2.45) is 5.92 Å². The van der Waals surface area contributed by atoms with Crippen LogP contribution in [0.1, 0.15) is 20.3 Å². The number of hydrogen-bond acceptors (Lipinski definition) is 3. The van der Waals surface area contributed by atoms with Gasteiger partial charge in [-0.3, -0.25) is 9.36 Å².